The minimum Gasteiger partial charge on any atom is -1.00 e. The Hall–Kier alpha value is -2.80. The predicted molar refractivity (Wildman–Crippen MR) is 119 cm³/mol. The van der Waals surface area contributed by atoms with Gasteiger partial charge in [0.25, 0.3) is 0 Å². The first-order valence-electron chi connectivity index (χ1n) is 10.1. The van der Waals surface area contributed by atoms with Gasteiger partial charge in [-0.1, -0.05) is 54.6 Å². The van der Waals surface area contributed by atoms with E-state index in [1.165, 1.54) is 0 Å². The SMILES string of the molecule is NC(=O)Cc1ccc(Oc2ccccc2-c2ccccc2)cc1OCCCCC(=O)O.[H-].[Na+]. The first-order chi connectivity index (χ1) is 15.0. The Kier molecular flexibility index (Phi) is 10.3. The van der Waals surface area contributed by atoms with Crippen molar-refractivity contribution in [2.24, 2.45) is 5.73 Å². The van der Waals surface area contributed by atoms with Crippen molar-refractivity contribution in [3.63, 3.8) is 0 Å². The van der Waals surface area contributed by atoms with E-state index in [1.807, 2.05) is 54.6 Å². The number of carboxylic acid groups (broad SMARTS) is 1. The van der Waals surface area contributed by atoms with Crippen molar-refractivity contribution in [1.29, 1.82) is 0 Å². The van der Waals surface area contributed by atoms with Crippen LogP contribution in [-0.2, 0) is 16.0 Å². The van der Waals surface area contributed by atoms with Crippen LogP contribution in [0.15, 0.2) is 72.8 Å². The zero-order valence-electron chi connectivity index (χ0n) is 19.1. The van der Waals surface area contributed by atoms with Gasteiger partial charge in [-0.2, -0.15) is 0 Å². The summed E-state index contributed by atoms with van der Waals surface area (Å²) in [7, 11) is 0. The van der Waals surface area contributed by atoms with Crippen molar-refractivity contribution >= 4 is 11.9 Å². The van der Waals surface area contributed by atoms with Gasteiger partial charge in [-0.05, 0) is 30.5 Å². The first kappa shape index (κ1) is 25.5. The van der Waals surface area contributed by atoms with Gasteiger partial charge in [0.1, 0.15) is 17.2 Å². The van der Waals surface area contributed by atoms with Gasteiger partial charge in [-0.3, -0.25) is 9.59 Å². The molecule has 0 fully saturated rings. The van der Waals surface area contributed by atoms with E-state index < -0.39 is 11.9 Å². The molecular formula is C25H26NNaO5. The van der Waals surface area contributed by atoms with Crippen molar-refractivity contribution < 1.29 is 55.2 Å². The monoisotopic (exact) mass is 443 g/mol. The molecule has 0 aliphatic carbocycles. The fourth-order valence-electron chi connectivity index (χ4n) is 3.17. The van der Waals surface area contributed by atoms with E-state index in [1.54, 1.807) is 18.2 Å². The Balaban J connectivity index is 0.00000272. The van der Waals surface area contributed by atoms with E-state index in [4.69, 9.17) is 20.3 Å². The van der Waals surface area contributed by atoms with Crippen molar-refractivity contribution in [2.75, 3.05) is 6.61 Å². The molecule has 0 aromatic heterocycles. The average Bonchev–Trinajstić information content (AvgIpc) is 2.75. The van der Waals surface area contributed by atoms with Crippen molar-refractivity contribution in [1.82, 2.24) is 0 Å². The fourth-order valence-corrected chi connectivity index (χ4v) is 3.17. The molecule has 0 saturated heterocycles. The molecule has 32 heavy (non-hydrogen) atoms. The number of rotatable bonds is 11. The number of para-hydroxylation sites is 1. The molecule has 0 radical (unpaired) electrons. The summed E-state index contributed by atoms with van der Waals surface area (Å²) in [5.41, 5.74) is 8.02. The summed E-state index contributed by atoms with van der Waals surface area (Å²) in [6.07, 6.45) is 1.24. The van der Waals surface area contributed by atoms with E-state index in [2.05, 4.69) is 0 Å². The molecule has 0 heterocycles. The summed E-state index contributed by atoms with van der Waals surface area (Å²) >= 11 is 0. The van der Waals surface area contributed by atoms with E-state index in [0.29, 0.717) is 42.3 Å². The second kappa shape index (κ2) is 12.9. The third kappa shape index (κ3) is 7.71. The largest absolute Gasteiger partial charge is 1.00 e. The predicted octanol–water partition coefficient (Wildman–Crippen LogP) is 1.92. The molecular weight excluding hydrogens is 417 g/mol. The number of primary amides is 1. The molecule has 0 bridgehead atoms. The van der Waals surface area contributed by atoms with Gasteiger partial charge >= 0.3 is 35.5 Å². The number of carbonyl (C=O) groups is 2. The van der Waals surface area contributed by atoms with Gasteiger partial charge in [0.05, 0.1) is 13.0 Å². The maximum Gasteiger partial charge on any atom is 1.00 e. The van der Waals surface area contributed by atoms with Crippen LogP contribution >= 0.6 is 0 Å². The fraction of sp³-hybridized carbons (Fsp3) is 0.200. The van der Waals surface area contributed by atoms with E-state index in [-0.39, 0.29) is 43.8 Å². The molecule has 0 aliphatic heterocycles. The standard InChI is InChI=1S/C25H25NO5.Na.H/c26-24(27)16-19-13-14-20(17-23(19)30-15-7-6-12-25(28)29)31-22-11-5-4-10-21(22)18-8-2-1-3-9-18;;/h1-5,8-11,13-14,17H,6-7,12,15-16H2,(H2,26,27)(H,28,29);;/q;+1;-1. The molecule has 6 nitrogen and oxygen atoms in total. The molecule has 0 atom stereocenters. The summed E-state index contributed by atoms with van der Waals surface area (Å²) < 4.78 is 12.0. The van der Waals surface area contributed by atoms with E-state index in [9.17, 15) is 9.59 Å². The number of unbranched alkanes of at least 4 members (excludes halogenated alkanes) is 1. The molecule has 3 aromatic carbocycles. The third-order valence-electron chi connectivity index (χ3n) is 4.65. The molecule has 0 aliphatic rings. The molecule has 1 amide bonds. The first-order valence-corrected chi connectivity index (χ1v) is 10.1. The minimum atomic E-state index is -0.832. The number of carboxylic acids is 1. The Labute approximate surface area is 211 Å². The van der Waals surface area contributed by atoms with Gasteiger partial charge in [-0.25, -0.2) is 0 Å². The Morgan fingerprint density at radius 2 is 1.62 bits per heavy atom. The smallest absolute Gasteiger partial charge is 1.00 e. The Morgan fingerprint density at radius 3 is 2.34 bits per heavy atom. The van der Waals surface area contributed by atoms with Crippen molar-refractivity contribution in [3.05, 3.63) is 78.4 Å². The van der Waals surface area contributed by atoms with Crippen LogP contribution in [0.25, 0.3) is 11.1 Å². The van der Waals surface area contributed by atoms with Crippen molar-refractivity contribution in [3.8, 4) is 28.4 Å². The molecule has 0 saturated carbocycles. The number of benzene rings is 3. The minimum absolute atomic E-state index is 0. The number of aliphatic carboxylic acids is 1. The van der Waals surface area contributed by atoms with Crippen LogP contribution in [0.3, 0.4) is 0 Å². The second-order valence-electron chi connectivity index (χ2n) is 7.08. The molecule has 3 aromatic rings. The summed E-state index contributed by atoms with van der Waals surface area (Å²) in [6, 6.07) is 23.0. The van der Waals surface area contributed by atoms with Crippen LogP contribution in [-0.4, -0.2) is 23.6 Å². The topological polar surface area (TPSA) is 98.9 Å². The molecule has 162 valence electrons. The molecule has 3 N–H and O–H groups in total. The van der Waals surface area contributed by atoms with Crippen LogP contribution in [0.5, 0.6) is 17.2 Å². The number of ether oxygens (including phenoxy) is 2. The zero-order valence-corrected chi connectivity index (χ0v) is 20.1. The normalized spacial score (nSPS) is 10.1. The van der Waals surface area contributed by atoms with E-state index >= 15 is 0 Å². The van der Waals surface area contributed by atoms with Gasteiger partial charge in [-0.15, -0.1) is 0 Å². The Morgan fingerprint density at radius 1 is 0.906 bits per heavy atom. The zero-order chi connectivity index (χ0) is 22.1. The van der Waals surface area contributed by atoms with Crippen LogP contribution in [0.1, 0.15) is 26.3 Å². The van der Waals surface area contributed by atoms with Gasteiger partial charge in [0.2, 0.25) is 5.91 Å². The quantitative estimate of drug-likeness (QED) is 0.349. The number of nitrogens with two attached hydrogens (primary N) is 1. The number of hydrogen-bond acceptors (Lipinski definition) is 4. The van der Waals surface area contributed by atoms with Crippen LogP contribution in [0.4, 0.5) is 0 Å². The summed E-state index contributed by atoms with van der Waals surface area (Å²) in [5.74, 6) is 0.477. The molecule has 7 heteroatoms. The maximum atomic E-state index is 11.4. The summed E-state index contributed by atoms with van der Waals surface area (Å²) in [6.45, 7) is 0.336. The summed E-state index contributed by atoms with van der Waals surface area (Å²) in [5, 5.41) is 8.75. The van der Waals surface area contributed by atoms with Crippen LogP contribution in [0.2, 0.25) is 0 Å². The second-order valence-corrected chi connectivity index (χ2v) is 7.08. The van der Waals surface area contributed by atoms with E-state index in [0.717, 1.165) is 11.1 Å². The van der Waals surface area contributed by atoms with Crippen LogP contribution in [0, 0.1) is 0 Å². The number of carbonyl (C=O) groups excluding carboxylic acids is 1. The number of amides is 1. The Bertz CT molecular complexity index is 1050. The number of hydrogen-bond donors (Lipinski definition) is 2. The van der Waals surface area contributed by atoms with Gasteiger partial charge in [0.15, 0.2) is 0 Å². The third-order valence-corrected chi connectivity index (χ3v) is 4.65. The molecule has 0 spiro atoms. The summed E-state index contributed by atoms with van der Waals surface area (Å²) in [4.78, 5) is 22.1. The van der Waals surface area contributed by atoms with Gasteiger partial charge < -0.3 is 21.7 Å². The average molecular weight is 443 g/mol. The molecule has 0 unspecified atom stereocenters. The van der Waals surface area contributed by atoms with Crippen LogP contribution < -0.4 is 44.8 Å². The molecule has 3 rings (SSSR count). The maximum absolute atomic E-state index is 11.4. The van der Waals surface area contributed by atoms with Crippen molar-refractivity contribution in [2.45, 2.75) is 25.7 Å². The van der Waals surface area contributed by atoms with Gasteiger partial charge in [0, 0.05) is 23.6 Å².